The van der Waals surface area contributed by atoms with Gasteiger partial charge in [-0.2, -0.15) is 0 Å². The van der Waals surface area contributed by atoms with Crippen LogP contribution in [0.5, 0.6) is 5.75 Å². The highest BCUT2D eigenvalue weighted by molar-refractivity contribution is 5.80. The molecule has 0 saturated heterocycles. The summed E-state index contributed by atoms with van der Waals surface area (Å²) in [6.45, 7) is 2.75. The fourth-order valence-electron chi connectivity index (χ4n) is 1.72. The number of hydrogen-bond acceptors (Lipinski definition) is 5. The van der Waals surface area contributed by atoms with E-state index in [4.69, 9.17) is 9.47 Å². The summed E-state index contributed by atoms with van der Waals surface area (Å²) in [4.78, 5) is 19.3. The second-order valence-electron chi connectivity index (χ2n) is 4.27. The molecule has 0 N–H and O–H groups in total. The summed E-state index contributed by atoms with van der Waals surface area (Å²) < 4.78 is 10.5. The van der Waals surface area contributed by atoms with E-state index in [1.54, 1.807) is 31.6 Å². The van der Waals surface area contributed by atoms with Gasteiger partial charge < -0.3 is 9.47 Å². The third-order valence-corrected chi connectivity index (χ3v) is 2.74. The van der Waals surface area contributed by atoms with E-state index in [0.717, 1.165) is 17.4 Å². The van der Waals surface area contributed by atoms with Gasteiger partial charge in [0.2, 0.25) is 0 Å². The van der Waals surface area contributed by atoms with E-state index in [1.165, 1.54) is 0 Å². The molecule has 2 aromatic rings. The Morgan fingerprint density at radius 2 is 1.85 bits per heavy atom. The van der Waals surface area contributed by atoms with Crippen molar-refractivity contribution in [2.75, 3.05) is 20.3 Å². The zero-order chi connectivity index (χ0) is 14.4. The lowest BCUT2D eigenvalue weighted by Crippen LogP contribution is -2.04. The van der Waals surface area contributed by atoms with E-state index in [-0.39, 0.29) is 0 Å². The Morgan fingerprint density at radius 1 is 1.10 bits per heavy atom. The Kier molecular flexibility index (Phi) is 4.79. The number of ether oxygens (including phenoxy) is 2. The molecule has 1 heterocycles. The number of hydrogen-bond donors (Lipinski definition) is 0. The average Bonchev–Trinajstić information content (AvgIpc) is 2.48. The van der Waals surface area contributed by atoms with Crippen molar-refractivity contribution in [1.29, 1.82) is 0 Å². The fraction of sp³-hybridized carbons (Fsp3) is 0.267. The minimum atomic E-state index is 0.433. The Hall–Kier alpha value is -2.27. The van der Waals surface area contributed by atoms with Crippen LogP contribution in [0.15, 0.2) is 30.6 Å². The molecular weight excluding hydrogens is 256 g/mol. The molecule has 20 heavy (non-hydrogen) atoms. The smallest absolute Gasteiger partial charge is 0.150 e. The normalized spacial score (nSPS) is 10.3. The monoisotopic (exact) mass is 272 g/mol. The van der Waals surface area contributed by atoms with Gasteiger partial charge in [0, 0.05) is 30.6 Å². The van der Waals surface area contributed by atoms with Crippen LogP contribution in [0.2, 0.25) is 0 Å². The van der Waals surface area contributed by atoms with Crippen molar-refractivity contribution in [2.45, 2.75) is 6.92 Å². The number of benzene rings is 1. The largest absolute Gasteiger partial charge is 0.491 e. The van der Waals surface area contributed by atoms with E-state index >= 15 is 0 Å². The highest BCUT2D eigenvalue weighted by atomic mass is 16.5. The molecule has 104 valence electrons. The first kappa shape index (κ1) is 14.1. The zero-order valence-corrected chi connectivity index (χ0v) is 11.5. The SMILES string of the molecule is COCCOc1cc(C=O)cc(-c2cnc(C)nc2)c1. The van der Waals surface area contributed by atoms with Crippen LogP contribution in [0.1, 0.15) is 16.2 Å². The summed E-state index contributed by atoms with van der Waals surface area (Å²) in [5.41, 5.74) is 2.24. The minimum absolute atomic E-state index is 0.433. The molecule has 5 nitrogen and oxygen atoms in total. The van der Waals surface area contributed by atoms with Gasteiger partial charge >= 0.3 is 0 Å². The number of aromatic nitrogens is 2. The maximum Gasteiger partial charge on any atom is 0.150 e. The summed E-state index contributed by atoms with van der Waals surface area (Å²) in [7, 11) is 1.61. The Balaban J connectivity index is 2.29. The maximum absolute atomic E-state index is 11.0. The molecule has 0 atom stereocenters. The van der Waals surface area contributed by atoms with Crippen LogP contribution in [-0.2, 0) is 4.74 Å². The van der Waals surface area contributed by atoms with Gasteiger partial charge in [-0.3, -0.25) is 4.79 Å². The molecule has 1 aromatic carbocycles. The fourth-order valence-corrected chi connectivity index (χ4v) is 1.72. The molecule has 0 saturated carbocycles. The second kappa shape index (κ2) is 6.77. The van der Waals surface area contributed by atoms with Gasteiger partial charge in [0.25, 0.3) is 0 Å². The highest BCUT2D eigenvalue weighted by Gasteiger charge is 2.05. The summed E-state index contributed by atoms with van der Waals surface area (Å²) in [6, 6.07) is 5.34. The quantitative estimate of drug-likeness (QED) is 0.596. The zero-order valence-electron chi connectivity index (χ0n) is 11.5. The highest BCUT2D eigenvalue weighted by Crippen LogP contribution is 2.24. The molecule has 0 aliphatic rings. The molecule has 5 heteroatoms. The maximum atomic E-state index is 11.0. The first-order chi connectivity index (χ1) is 9.72. The Bertz CT molecular complexity index is 582. The number of carbonyl (C=O) groups excluding carboxylic acids is 1. The van der Waals surface area contributed by atoms with Crippen molar-refractivity contribution in [2.24, 2.45) is 0 Å². The summed E-state index contributed by atoms with van der Waals surface area (Å²) in [5, 5.41) is 0. The second-order valence-corrected chi connectivity index (χ2v) is 4.27. The van der Waals surface area contributed by atoms with Gasteiger partial charge in [-0.15, -0.1) is 0 Å². The lowest BCUT2D eigenvalue weighted by atomic mass is 10.1. The first-order valence-corrected chi connectivity index (χ1v) is 6.24. The average molecular weight is 272 g/mol. The Morgan fingerprint density at radius 3 is 2.50 bits per heavy atom. The lowest BCUT2D eigenvalue weighted by Gasteiger charge is -2.09. The van der Waals surface area contributed by atoms with Gasteiger partial charge in [0.15, 0.2) is 0 Å². The van der Waals surface area contributed by atoms with Gasteiger partial charge in [-0.1, -0.05) is 0 Å². The molecule has 0 unspecified atom stereocenters. The van der Waals surface area contributed by atoms with Crippen molar-refractivity contribution >= 4 is 6.29 Å². The van der Waals surface area contributed by atoms with Crippen molar-refractivity contribution < 1.29 is 14.3 Å². The molecule has 2 rings (SSSR count). The summed E-state index contributed by atoms with van der Waals surface area (Å²) in [5.74, 6) is 1.33. The van der Waals surface area contributed by atoms with Crippen molar-refractivity contribution in [1.82, 2.24) is 9.97 Å². The van der Waals surface area contributed by atoms with E-state index in [1.807, 2.05) is 13.0 Å². The molecule has 1 aromatic heterocycles. The predicted octanol–water partition coefficient (Wildman–Crippen LogP) is 2.29. The summed E-state index contributed by atoms with van der Waals surface area (Å²) >= 11 is 0. The Labute approximate surface area is 117 Å². The number of nitrogens with zero attached hydrogens (tertiary/aromatic N) is 2. The number of aryl methyl sites for hydroxylation is 1. The van der Waals surface area contributed by atoms with Gasteiger partial charge in [-0.25, -0.2) is 9.97 Å². The number of rotatable bonds is 6. The van der Waals surface area contributed by atoms with Crippen LogP contribution in [-0.4, -0.2) is 36.6 Å². The number of carbonyl (C=O) groups is 1. The summed E-state index contributed by atoms with van der Waals surface area (Å²) in [6.07, 6.45) is 4.25. The van der Waals surface area contributed by atoms with Crippen LogP contribution >= 0.6 is 0 Å². The van der Waals surface area contributed by atoms with Crippen LogP contribution < -0.4 is 4.74 Å². The molecular formula is C15H16N2O3. The van der Waals surface area contributed by atoms with Crippen molar-refractivity contribution in [3.05, 3.63) is 42.0 Å². The molecule has 0 aliphatic carbocycles. The van der Waals surface area contributed by atoms with E-state index in [2.05, 4.69) is 9.97 Å². The van der Waals surface area contributed by atoms with Crippen LogP contribution in [0, 0.1) is 6.92 Å². The molecule has 0 radical (unpaired) electrons. The molecule has 0 fully saturated rings. The van der Waals surface area contributed by atoms with E-state index in [9.17, 15) is 4.79 Å². The van der Waals surface area contributed by atoms with Gasteiger partial charge in [-0.05, 0) is 30.7 Å². The van der Waals surface area contributed by atoms with Crippen LogP contribution in [0.4, 0.5) is 0 Å². The van der Waals surface area contributed by atoms with Crippen LogP contribution in [0.3, 0.4) is 0 Å². The number of methoxy groups -OCH3 is 1. The van der Waals surface area contributed by atoms with Gasteiger partial charge in [0.05, 0.1) is 6.61 Å². The standard InChI is InChI=1S/C15H16N2O3/c1-11-16-8-14(9-17-11)13-5-12(10-18)6-15(7-13)20-4-3-19-2/h5-10H,3-4H2,1-2H3. The molecule has 0 spiro atoms. The van der Waals surface area contributed by atoms with Gasteiger partial charge in [0.1, 0.15) is 24.5 Å². The first-order valence-electron chi connectivity index (χ1n) is 6.24. The van der Waals surface area contributed by atoms with Crippen LogP contribution in [0.25, 0.3) is 11.1 Å². The third kappa shape index (κ3) is 3.61. The number of aldehydes is 1. The molecule has 0 amide bonds. The van der Waals surface area contributed by atoms with E-state index in [0.29, 0.717) is 30.4 Å². The van der Waals surface area contributed by atoms with Crippen molar-refractivity contribution in [3.63, 3.8) is 0 Å². The minimum Gasteiger partial charge on any atom is -0.491 e. The molecule has 0 aliphatic heterocycles. The van der Waals surface area contributed by atoms with E-state index < -0.39 is 0 Å². The third-order valence-electron chi connectivity index (χ3n) is 2.74. The predicted molar refractivity (Wildman–Crippen MR) is 75.0 cm³/mol. The topological polar surface area (TPSA) is 61.3 Å². The lowest BCUT2D eigenvalue weighted by molar-refractivity contribution is 0.112. The molecule has 0 bridgehead atoms. The van der Waals surface area contributed by atoms with Crippen molar-refractivity contribution in [3.8, 4) is 16.9 Å².